The van der Waals surface area contributed by atoms with Crippen molar-refractivity contribution in [3.05, 3.63) is 71.8 Å². The molecular weight excluding hydrogens is 266 g/mol. The van der Waals surface area contributed by atoms with Crippen molar-refractivity contribution >= 4 is 5.91 Å². The highest BCUT2D eigenvalue weighted by Gasteiger charge is 2.24. The molecule has 4 heteroatoms. The van der Waals surface area contributed by atoms with Crippen LogP contribution < -0.4 is 5.32 Å². The molecule has 21 heavy (non-hydrogen) atoms. The zero-order valence-electron chi connectivity index (χ0n) is 12.2. The van der Waals surface area contributed by atoms with Crippen molar-refractivity contribution in [3.8, 4) is 0 Å². The summed E-state index contributed by atoms with van der Waals surface area (Å²) in [5.41, 5.74) is 1.53. The molecule has 0 saturated heterocycles. The van der Waals surface area contributed by atoms with Crippen LogP contribution in [0.3, 0.4) is 0 Å². The van der Waals surface area contributed by atoms with Crippen LogP contribution in [0.4, 0.5) is 0 Å². The van der Waals surface area contributed by atoms with Gasteiger partial charge >= 0.3 is 0 Å². The van der Waals surface area contributed by atoms with Crippen molar-refractivity contribution in [2.45, 2.75) is 12.3 Å². The van der Waals surface area contributed by atoms with Crippen molar-refractivity contribution in [3.63, 3.8) is 0 Å². The second kappa shape index (κ2) is 7.57. The molecule has 2 rings (SSSR count). The lowest BCUT2D eigenvalue weighted by atomic mass is 10.1. The van der Waals surface area contributed by atoms with Gasteiger partial charge in [0.05, 0.1) is 0 Å². The number of hydrogen-bond donors (Lipinski definition) is 1. The maximum atomic E-state index is 12.2. The fourth-order valence-corrected chi connectivity index (χ4v) is 2.14. The topological polar surface area (TPSA) is 47.6 Å². The molecule has 0 saturated carbocycles. The third kappa shape index (κ3) is 3.90. The molecule has 110 valence electrons. The van der Waals surface area contributed by atoms with Crippen molar-refractivity contribution in [1.82, 2.24) is 5.32 Å². The number of carbonyl (C=O) groups excluding carboxylic acids is 1. The van der Waals surface area contributed by atoms with E-state index in [0.717, 1.165) is 5.56 Å². The molecule has 0 unspecified atom stereocenters. The van der Waals surface area contributed by atoms with Crippen LogP contribution in [0.25, 0.3) is 0 Å². The van der Waals surface area contributed by atoms with Gasteiger partial charge in [0.1, 0.15) is 6.10 Å². The molecule has 0 aliphatic heterocycles. The Morgan fingerprint density at radius 2 is 1.48 bits per heavy atom. The lowest BCUT2D eigenvalue weighted by Crippen LogP contribution is -2.41. The fourth-order valence-electron chi connectivity index (χ4n) is 2.14. The molecule has 1 N–H and O–H groups in total. The number of hydrogen-bond acceptors (Lipinski definition) is 3. The molecule has 0 heterocycles. The van der Waals surface area contributed by atoms with Crippen LogP contribution in [0, 0.1) is 0 Å². The van der Waals surface area contributed by atoms with E-state index in [1.165, 1.54) is 0 Å². The summed E-state index contributed by atoms with van der Waals surface area (Å²) in [5, 5.41) is 2.85. The summed E-state index contributed by atoms with van der Waals surface area (Å²) in [4.78, 5) is 12.2. The van der Waals surface area contributed by atoms with E-state index in [-0.39, 0.29) is 12.0 Å². The van der Waals surface area contributed by atoms with Gasteiger partial charge in [-0.15, -0.1) is 0 Å². The van der Waals surface area contributed by atoms with Gasteiger partial charge in [0, 0.05) is 19.8 Å². The average molecular weight is 285 g/mol. The first-order valence-corrected chi connectivity index (χ1v) is 6.72. The molecule has 0 bridgehead atoms. The second-order valence-corrected chi connectivity index (χ2v) is 4.56. The van der Waals surface area contributed by atoms with Crippen molar-refractivity contribution in [2.75, 3.05) is 14.2 Å². The monoisotopic (exact) mass is 285 g/mol. The lowest BCUT2D eigenvalue weighted by molar-refractivity contribution is -0.0505. The minimum Gasteiger partial charge on any atom is -0.372 e. The summed E-state index contributed by atoms with van der Waals surface area (Å²) in [6.45, 7) is 0. The summed E-state index contributed by atoms with van der Waals surface area (Å²) in [6.07, 6.45) is -0.936. The number of carbonyl (C=O) groups is 1. The van der Waals surface area contributed by atoms with E-state index in [1.807, 2.05) is 48.5 Å². The van der Waals surface area contributed by atoms with Crippen LogP contribution in [0.5, 0.6) is 0 Å². The third-order valence-electron chi connectivity index (χ3n) is 3.22. The molecule has 0 spiro atoms. The number of ether oxygens (including phenoxy) is 2. The largest absolute Gasteiger partial charge is 0.372 e. The van der Waals surface area contributed by atoms with Crippen LogP contribution in [-0.4, -0.2) is 26.4 Å². The molecule has 0 fully saturated rings. The summed E-state index contributed by atoms with van der Waals surface area (Å²) in [7, 11) is 3.14. The third-order valence-corrected chi connectivity index (χ3v) is 3.22. The number of rotatable bonds is 6. The molecule has 0 aliphatic rings. The molecule has 2 atom stereocenters. The van der Waals surface area contributed by atoms with Crippen molar-refractivity contribution < 1.29 is 14.3 Å². The Hall–Kier alpha value is -2.17. The quantitative estimate of drug-likeness (QED) is 0.830. The number of amides is 1. The van der Waals surface area contributed by atoms with Crippen molar-refractivity contribution in [2.24, 2.45) is 0 Å². The van der Waals surface area contributed by atoms with E-state index >= 15 is 0 Å². The molecule has 1 amide bonds. The summed E-state index contributed by atoms with van der Waals surface area (Å²) >= 11 is 0. The highest BCUT2D eigenvalue weighted by atomic mass is 16.5. The van der Waals surface area contributed by atoms with Gasteiger partial charge in [-0.3, -0.25) is 4.79 Å². The first-order chi connectivity index (χ1) is 10.3. The van der Waals surface area contributed by atoms with E-state index in [0.29, 0.717) is 5.56 Å². The smallest absolute Gasteiger partial charge is 0.253 e. The lowest BCUT2D eigenvalue weighted by Gasteiger charge is -2.26. The first kappa shape index (κ1) is 15.2. The summed E-state index contributed by atoms with van der Waals surface area (Å²) < 4.78 is 10.9. The van der Waals surface area contributed by atoms with Gasteiger partial charge in [0.15, 0.2) is 6.23 Å². The van der Waals surface area contributed by atoms with Crippen molar-refractivity contribution in [1.29, 1.82) is 0 Å². The Bertz CT molecular complexity index is 557. The zero-order valence-corrected chi connectivity index (χ0v) is 12.2. The normalized spacial score (nSPS) is 13.4. The van der Waals surface area contributed by atoms with Crippen LogP contribution >= 0.6 is 0 Å². The maximum Gasteiger partial charge on any atom is 0.253 e. The molecule has 4 nitrogen and oxygen atoms in total. The van der Waals surface area contributed by atoms with Gasteiger partial charge in [-0.2, -0.15) is 0 Å². The van der Waals surface area contributed by atoms with Gasteiger partial charge in [-0.1, -0.05) is 48.5 Å². The van der Waals surface area contributed by atoms with Gasteiger partial charge in [-0.05, 0) is 17.7 Å². The number of benzene rings is 2. The standard InChI is InChI=1S/C17H19NO3/c1-20-15(13-9-5-3-6-10-13)17(21-2)18-16(19)14-11-7-4-8-12-14/h3-12,15,17H,1-2H3,(H,18,19)/t15-,17+/m1/s1. The number of nitrogens with one attached hydrogen (secondary N) is 1. The first-order valence-electron chi connectivity index (χ1n) is 6.72. The van der Waals surface area contributed by atoms with E-state index in [4.69, 9.17) is 9.47 Å². The Balaban J connectivity index is 2.13. The highest BCUT2D eigenvalue weighted by Crippen LogP contribution is 2.21. The maximum absolute atomic E-state index is 12.2. The van der Waals surface area contributed by atoms with Crippen LogP contribution in [-0.2, 0) is 9.47 Å². The van der Waals surface area contributed by atoms with Gasteiger partial charge in [0.25, 0.3) is 5.91 Å². The van der Waals surface area contributed by atoms with Crippen LogP contribution in [0.15, 0.2) is 60.7 Å². The second-order valence-electron chi connectivity index (χ2n) is 4.56. The van der Waals surface area contributed by atoms with E-state index in [2.05, 4.69) is 5.32 Å². The van der Waals surface area contributed by atoms with Gasteiger partial charge < -0.3 is 14.8 Å². The van der Waals surface area contributed by atoms with Gasteiger partial charge in [-0.25, -0.2) is 0 Å². The highest BCUT2D eigenvalue weighted by molar-refractivity contribution is 5.94. The molecule has 0 aromatic heterocycles. The van der Waals surface area contributed by atoms with Crippen LogP contribution in [0.2, 0.25) is 0 Å². The zero-order chi connectivity index (χ0) is 15.1. The predicted molar refractivity (Wildman–Crippen MR) is 80.9 cm³/mol. The number of methoxy groups -OCH3 is 2. The van der Waals surface area contributed by atoms with E-state index in [9.17, 15) is 4.79 Å². The molecule has 0 aliphatic carbocycles. The SMILES string of the molecule is CO[C@H](c1ccccc1)[C@@H](NC(=O)c1ccccc1)OC. The molecule has 2 aromatic carbocycles. The van der Waals surface area contributed by atoms with Gasteiger partial charge in [0.2, 0.25) is 0 Å². The van der Waals surface area contributed by atoms with E-state index in [1.54, 1.807) is 26.4 Å². The summed E-state index contributed by atoms with van der Waals surface area (Å²) in [6, 6.07) is 18.7. The molecular formula is C17H19NO3. The average Bonchev–Trinajstić information content (AvgIpc) is 2.56. The summed E-state index contributed by atoms with van der Waals surface area (Å²) in [5.74, 6) is -0.194. The Morgan fingerprint density at radius 3 is 2.00 bits per heavy atom. The minimum absolute atomic E-state index is 0.194. The molecule has 2 aromatic rings. The minimum atomic E-state index is -0.565. The predicted octanol–water partition coefficient (Wildman–Crippen LogP) is 2.78. The molecule has 0 radical (unpaired) electrons. The Labute approximate surface area is 124 Å². The Kier molecular flexibility index (Phi) is 5.49. The van der Waals surface area contributed by atoms with Crippen LogP contribution in [0.1, 0.15) is 22.0 Å². The fraction of sp³-hybridized carbons (Fsp3) is 0.235. The van der Waals surface area contributed by atoms with E-state index < -0.39 is 6.23 Å². The Morgan fingerprint density at radius 1 is 0.905 bits per heavy atom.